The van der Waals surface area contributed by atoms with Crippen LogP contribution in [-0.2, 0) is 16.1 Å². The van der Waals surface area contributed by atoms with Crippen molar-refractivity contribution in [1.29, 1.82) is 0 Å². The second-order valence-corrected chi connectivity index (χ2v) is 9.29. The van der Waals surface area contributed by atoms with Gasteiger partial charge in [-0.3, -0.25) is 0 Å². The van der Waals surface area contributed by atoms with Crippen molar-refractivity contribution in [2.75, 3.05) is 13.2 Å². The molecule has 0 amide bonds. The summed E-state index contributed by atoms with van der Waals surface area (Å²) in [5.41, 5.74) is 5.27. The van der Waals surface area contributed by atoms with E-state index in [1.165, 1.54) is 10.7 Å². The number of benzene rings is 3. The van der Waals surface area contributed by atoms with Crippen LogP contribution in [-0.4, -0.2) is 33.7 Å². The standard InChI is InChI=1S/C29H26FN3O3/c1-19-13-24(7-8-25(19)30)32-26(21-9-11-35-12-10-21)14-22-15-28-23(16-27(22)32)17-31-33(28)29(34)36-18-20-5-3-2-4-6-20/h2-8,13-17,21H,9-12,18H2,1H3. The van der Waals surface area contributed by atoms with Gasteiger partial charge in [-0.25, -0.2) is 9.18 Å². The average molecular weight is 484 g/mol. The van der Waals surface area contributed by atoms with Gasteiger partial charge in [0.05, 0.1) is 17.2 Å². The van der Waals surface area contributed by atoms with E-state index >= 15 is 0 Å². The monoisotopic (exact) mass is 483 g/mol. The summed E-state index contributed by atoms with van der Waals surface area (Å²) in [6.45, 7) is 3.40. The lowest BCUT2D eigenvalue weighted by molar-refractivity contribution is 0.0842. The van der Waals surface area contributed by atoms with Crippen LogP contribution >= 0.6 is 0 Å². The molecule has 182 valence electrons. The molecule has 0 bridgehead atoms. The maximum absolute atomic E-state index is 14.1. The van der Waals surface area contributed by atoms with Gasteiger partial charge in [0.2, 0.25) is 0 Å². The molecule has 7 heteroatoms. The van der Waals surface area contributed by atoms with E-state index in [0.29, 0.717) is 17.0 Å². The number of rotatable bonds is 4. The molecule has 0 atom stereocenters. The topological polar surface area (TPSA) is 58.3 Å². The van der Waals surface area contributed by atoms with Crippen molar-refractivity contribution in [3.8, 4) is 5.69 Å². The van der Waals surface area contributed by atoms with E-state index in [1.807, 2.05) is 54.6 Å². The third-order valence-corrected chi connectivity index (χ3v) is 6.94. The first-order valence-corrected chi connectivity index (χ1v) is 12.2. The van der Waals surface area contributed by atoms with Crippen molar-refractivity contribution in [1.82, 2.24) is 14.3 Å². The number of hydrogen-bond donors (Lipinski definition) is 0. The number of carbonyl (C=O) groups is 1. The van der Waals surface area contributed by atoms with Gasteiger partial charge in [0.1, 0.15) is 12.4 Å². The molecule has 1 aliphatic heterocycles. The van der Waals surface area contributed by atoms with Gasteiger partial charge >= 0.3 is 6.09 Å². The Morgan fingerprint density at radius 2 is 1.81 bits per heavy atom. The van der Waals surface area contributed by atoms with Crippen LogP contribution < -0.4 is 0 Å². The zero-order valence-electron chi connectivity index (χ0n) is 20.0. The Bertz CT molecular complexity index is 1570. The van der Waals surface area contributed by atoms with Crippen LogP contribution in [0.5, 0.6) is 0 Å². The van der Waals surface area contributed by atoms with Gasteiger partial charge in [0.25, 0.3) is 0 Å². The van der Waals surface area contributed by atoms with Crippen molar-refractivity contribution in [2.45, 2.75) is 32.3 Å². The third-order valence-electron chi connectivity index (χ3n) is 6.94. The Labute approximate surface area is 207 Å². The lowest BCUT2D eigenvalue weighted by Gasteiger charge is -2.24. The zero-order chi connectivity index (χ0) is 24.6. The van der Waals surface area contributed by atoms with Crippen LogP contribution in [0.2, 0.25) is 0 Å². The number of halogens is 1. The van der Waals surface area contributed by atoms with Crippen molar-refractivity contribution in [2.24, 2.45) is 0 Å². The van der Waals surface area contributed by atoms with Crippen molar-refractivity contribution >= 4 is 27.9 Å². The Morgan fingerprint density at radius 3 is 2.58 bits per heavy atom. The molecular formula is C29H26FN3O3. The number of nitrogens with zero attached hydrogens (tertiary/aromatic N) is 3. The lowest BCUT2D eigenvalue weighted by Crippen LogP contribution is -2.16. The summed E-state index contributed by atoms with van der Waals surface area (Å²) in [6, 6.07) is 21.0. The molecule has 0 N–H and O–H groups in total. The highest BCUT2D eigenvalue weighted by Crippen LogP contribution is 2.36. The van der Waals surface area contributed by atoms with E-state index in [1.54, 1.807) is 13.1 Å². The van der Waals surface area contributed by atoms with Crippen molar-refractivity contribution in [3.63, 3.8) is 0 Å². The first kappa shape index (κ1) is 22.5. The average Bonchev–Trinajstić information content (AvgIpc) is 3.49. The second kappa shape index (κ2) is 9.24. The number of hydrogen-bond acceptors (Lipinski definition) is 4. The predicted octanol–water partition coefficient (Wildman–Crippen LogP) is 6.51. The summed E-state index contributed by atoms with van der Waals surface area (Å²) in [4.78, 5) is 12.9. The highest BCUT2D eigenvalue weighted by Gasteiger charge is 2.23. The van der Waals surface area contributed by atoms with E-state index in [-0.39, 0.29) is 12.4 Å². The maximum atomic E-state index is 14.1. The van der Waals surface area contributed by atoms with Gasteiger partial charge in [-0.15, -0.1) is 0 Å². The van der Waals surface area contributed by atoms with E-state index in [0.717, 1.165) is 59.3 Å². The van der Waals surface area contributed by atoms with E-state index < -0.39 is 6.09 Å². The third kappa shape index (κ3) is 4.05. The Balaban J connectivity index is 1.43. The minimum absolute atomic E-state index is 0.178. The number of carbonyl (C=O) groups excluding carboxylic acids is 1. The first-order chi connectivity index (χ1) is 17.6. The Hall–Kier alpha value is -3.97. The molecule has 1 fully saturated rings. The molecule has 2 aromatic heterocycles. The summed E-state index contributed by atoms with van der Waals surface area (Å²) in [5.74, 6) is 0.104. The molecule has 5 aromatic rings. The molecule has 36 heavy (non-hydrogen) atoms. The molecule has 6 nitrogen and oxygen atoms in total. The fraction of sp³-hybridized carbons (Fsp3) is 0.241. The highest BCUT2D eigenvalue weighted by atomic mass is 19.1. The molecule has 0 spiro atoms. The van der Waals surface area contributed by atoms with Gasteiger partial charge in [-0.1, -0.05) is 30.3 Å². The fourth-order valence-electron chi connectivity index (χ4n) is 5.03. The summed E-state index contributed by atoms with van der Waals surface area (Å²) in [5, 5.41) is 6.14. The predicted molar refractivity (Wildman–Crippen MR) is 136 cm³/mol. The summed E-state index contributed by atoms with van der Waals surface area (Å²) < 4.78 is 28.7. The van der Waals surface area contributed by atoms with Gasteiger partial charge in [0.15, 0.2) is 0 Å². The van der Waals surface area contributed by atoms with Crippen LogP contribution in [0.1, 0.15) is 35.6 Å². The largest absolute Gasteiger partial charge is 0.443 e. The molecule has 1 saturated heterocycles. The lowest BCUT2D eigenvalue weighted by atomic mass is 9.96. The highest BCUT2D eigenvalue weighted by molar-refractivity contribution is 5.99. The number of fused-ring (bicyclic) bond motifs is 2. The smallest absolute Gasteiger partial charge is 0.435 e. The van der Waals surface area contributed by atoms with Gasteiger partial charge in [0, 0.05) is 41.3 Å². The molecule has 0 aliphatic carbocycles. The zero-order valence-corrected chi connectivity index (χ0v) is 20.0. The molecule has 1 aliphatic rings. The van der Waals surface area contributed by atoms with Crippen molar-refractivity contribution in [3.05, 3.63) is 95.6 Å². The molecule has 6 rings (SSSR count). The number of aromatic nitrogens is 3. The summed E-state index contributed by atoms with van der Waals surface area (Å²) >= 11 is 0. The minimum atomic E-state index is -0.522. The second-order valence-electron chi connectivity index (χ2n) is 9.29. The van der Waals surface area contributed by atoms with Crippen LogP contribution in [0.15, 0.2) is 72.9 Å². The molecule has 0 unspecified atom stereocenters. The number of ether oxygens (including phenoxy) is 2. The number of aryl methyl sites for hydroxylation is 1. The van der Waals surface area contributed by atoms with E-state index in [4.69, 9.17) is 9.47 Å². The van der Waals surface area contributed by atoms with E-state index in [9.17, 15) is 9.18 Å². The van der Waals surface area contributed by atoms with Crippen LogP contribution in [0, 0.1) is 12.7 Å². The Morgan fingerprint density at radius 1 is 1.03 bits per heavy atom. The molecule has 0 radical (unpaired) electrons. The van der Waals surface area contributed by atoms with Gasteiger partial charge in [-0.2, -0.15) is 9.78 Å². The first-order valence-electron chi connectivity index (χ1n) is 12.2. The summed E-state index contributed by atoms with van der Waals surface area (Å²) in [6.07, 6.45) is 3.01. The SMILES string of the molecule is Cc1cc(-n2c(C3CCOCC3)cc3cc4c(cnn4C(=O)OCc4ccccc4)cc32)ccc1F. The molecular weight excluding hydrogens is 457 g/mol. The molecule has 3 heterocycles. The Kier molecular flexibility index (Phi) is 5.77. The minimum Gasteiger partial charge on any atom is -0.443 e. The normalized spacial score (nSPS) is 14.5. The fourth-order valence-corrected chi connectivity index (χ4v) is 5.03. The van der Waals surface area contributed by atoms with E-state index in [2.05, 4.69) is 15.7 Å². The maximum Gasteiger partial charge on any atom is 0.435 e. The van der Waals surface area contributed by atoms with Gasteiger partial charge in [-0.05, 0) is 67.3 Å². The van der Waals surface area contributed by atoms with Crippen LogP contribution in [0.25, 0.3) is 27.5 Å². The van der Waals surface area contributed by atoms with Crippen LogP contribution in [0.3, 0.4) is 0 Å². The van der Waals surface area contributed by atoms with Crippen molar-refractivity contribution < 1.29 is 18.7 Å². The summed E-state index contributed by atoms with van der Waals surface area (Å²) in [7, 11) is 0. The quantitative estimate of drug-likeness (QED) is 0.293. The molecule has 0 saturated carbocycles. The van der Waals surface area contributed by atoms with Gasteiger partial charge < -0.3 is 14.0 Å². The molecule has 3 aromatic carbocycles. The van der Waals surface area contributed by atoms with Crippen LogP contribution in [0.4, 0.5) is 9.18 Å².